The molecule has 0 aliphatic heterocycles. The van der Waals surface area contributed by atoms with Gasteiger partial charge in [0.15, 0.2) is 0 Å². The van der Waals surface area contributed by atoms with Crippen LogP contribution in [0, 0.1) is 0 Å². The van der Waals surface area contributed by atoms with E-state index in [0.29, 0.717) is 0 Å². The Kier molecular flexibility index (Phi) is 6.40. The number of aromatic carboxylic acids is 1. The molecule has 46 heavy (non-hydrogen) atoms. The molecule has 218 valence electrons. The lowest BCUT2D eigenvalue weighted by Crippen LogP contribution is -1.99. The number of carbonyl (C=O) groups is 1. The second kappa shape index (κ2) is 10.8. The number of rotatable bonds is 6. The number of hydrogen-bond donors (Lipinski definition) is 1. The van der Waals surface area contributed by atoms with Crippen molar-refractivity contribution < 1.29 is 9.90 Å². The van der Waals surface area contributed by atoms with Crippen molar-refractivity contribution in [2.24, 2.45) is 0 Å². The fraction of sp³-hybridized carbons (Fsp3) is 0. The summed E-state index contributed by atoms with van der Waals surface area (Å²) in [5.74, 6) is -0.943. The minimum absolute atomic E-state index is 0.256. The van der Waals surface area contributed by atoms with Gasteiger partial charge in [-0.3, -0.25) is 0 Å². The van der Waals surface area contributed by atoms with E-state index < -0.39 is 5.97 Å². The van der Waals surface area contributed by atoms with Gasteiger partial charge in [-0.05, 0) is 91.3 Å². The van der Waals surface area contributed by atoms with Crippen molar-refractivity contribution in [1.82, 2.24) is 4.57 Å². The fourth-order valence-electron chi connectivity index (χ4n) is 6.84. The number of aromatic nitrogens is 1. The monoisotopic (exact) mass is 591 g/mol. The first-order valence-corrected chi connectivity index (χ1v) is 15.3. The molecule has 1 heterocycles. The SMILES string of the molecule is C=Cc1ccc(-c2cc3c(c4ccccc24)c2c4ccccc4c(-c4ccc(C=C)cc4)cc2n3-c2ccc(C(=O)O)cc2)cc1. The van der Waals surface area contributed by atoms with E-state index in [1.807, 2.05) is 24.3 Å². The van der Waals surface area contributed by atoms with Crippen LogP contribution >= 0.6 is 0 Å². The first-order valence-electron chi connectivity index (χ1n) is 15.3. The summed E-state index contributed by atoms with van der Waals surface area (Å²) in [5.41, 5.74) is 9.92. The summed E-state index contributed by atoms with van der Waals surface area (Å²) in [6.45, 7) is 7.86. The van der Waals surface area contributed by atoms with Gasteiger partial charge in [0.05, 0.1) is 16.6 Å². The largest absolute Gasteiger partial charge is 0.478 e. The zero-order chi connectivity index (χ0) is 31.4. The summed E-state index contributed by atoms with van der Waals surface area (Å²) >= 11 is 0. The van der Waals surface area contributed by atoms with Crippen LogP contribution in [0.25, 0.3) is 83.4 Å². The molecule has 0 saturated carbocycles. The molecule has 0 aliphatic carbocycles. The standard InChI is InChI=1S/C43H29NO2/c1-3-27-13-17-29(18-14-27)37-25-39-41(35-11-7-5-9-33(35)37)42-36-12-8-6-10-34(36)38(30-19-15-28(4-2)16-20-30)26-40(42)44(39)32-23-21-31(22-24-32)43(45)46/h3-26H,1-2H2,(H,45,46). The Morgan fingerprint density at radius 1 is 0.543 bits per heavy atom. The number of carboxylic acid groups (broad SMARTS) is 1. The molecule has 0 spiro atoms. The molecule has 0 aliphatic rings. The van der Waals surface area contributed by atoms with Crippen LogP contribution in [-0.2, 0) is 0 Å². The van der Waals surface area contributed by atoms with Crippen molar-refractivity contribution in [3.63, 3.8) is 0 Å². The van der Waals surface area contributed by atoms with Crippen molar-refractivity contribution in [1.29, 1.82) is 0 Å². The Morgan fingerprint density at radius 3 is 1.35 bits per heavy atom. The van der Waals surface area contributed by atoms with Crippen LogP contribution in [0.15, 0.2) is 147 Å². The minimum atomic E-state index is -0.943. The molecule has 0 saturated heterocycles. The highest BCUT2D eigenvalue weighted by Crippen LogP contribution is 2.46. The van der Waals surface area contributed by atoms with Crippen molar-refractivity contribution in [3.05, 3.63) is 163 Å². The maximum Gasteiger partial charge on any atom is 0.335 e. The first kappa shape index (κ1) is 27.4. The van der Waals surface area contributed by atoms with Gasteiger partial charge in [0.2, 0.25) is 0 Å². The Balaban J connectivity index is 1.57. The summed E-state index contributed by atoms with van der Waals surface area (Å²) in [6.07, 6.45) is 3.72. The molecule has 3 nitrogen and oxygen atoms in total. The lowest BCUT2D eigenvalue weighted by Gasteiger charge is -2.13. The van der Waals surface area contributed by atoms with Gasteiger partial charge in [0.1, 0.15) is 0 Å². The number of fused-ring (bicyclic) bond motifs is 7. The Hall–Kier alpha value is -6.19. The van der Waals surface area contributed by atoms with E-state index in [0.717, 1.165) is 50.1 Å². The molecule has 0 amide bonds. The molecular weight excluding hydrogens is 562 g/mol. The van der Waals surface area contributed by atoms with Crippen LogP contribution in [0.5, 0.6) is 0 Å². The Labute approximate surface area is 266 Å². The number of nitrogens with zero attached hydrogens (tertiary/aromatic N) is 1. The molecule has 7 aromatic carbocycles. The van der Waals surface area contributed by atoms with Gasteiger partial charge in [-0.25, -0.2) is 4.79 Å². The zero-order valence-corrected chi connectivity index (χ0v) is 25.1. The quantitative estimate of drug-likeness (QED) is 0.209. The molecule has 1 N–H and O–H groups in total. The fourth-order valence-corrected chi connectivity index (χ4v) is 6.84. The minimum Gasteiger partial charge on any atom is -0.478 e. The maximum atomic E-state index is 11.8. The topological polar surface area (TPSA) is 42.2 Å². The van der Waals surface area contributed by atoms with Crippen LogP contribution in [0.3, 0.4) is 0 Å². The lowest BCUT2D eigenvalue weighted by atomic mass is 9.91. The van der Waals surface area contributed by atoms with Crippen LogP contribution in [0.2, 0.25) is 0 Å². The molecule has 8 aromatic rings. The van der Waals surface area contributed by atoms with Crippen molar-refractivity contribution in [2.45, 2.75) is 0 Å². The van der Waals surface area contributed by atoms with Gasteiger partial charge >= 0.3 is 5.97 Å². The highest BCUT2D eigenvalue weighted by atomic mass is 16.4. The van der Waals surface area contributed by atoms with Gasteiger partial charge in [0.25, 0.3) is 0 Å². The normalized spacial score (nSPS) is 11.4. The summed E-state index contributed by atoms with van der Waals surface area (Å²) in [4.78, 5) is 11.8. The van der Waals surface area contributed by atoms with Crippen molar-refractivity contribution in [3.8, 4) is 27.9 Å². The van der Waals surface area contributed by atoms with Gasteiger partial charge < -0.3 is 9.67 Å². The molecule has 1 aromatic heterocycles. The lowest BCUT2D eigenvalue weighted by molar-refractivity contribution is 0.0697. The van der Waals surface area contributed by atoms with E-state index >= 15 is 0 Å². The van der Waals surface area contributed by atoms with E-state index in [1.54, 1.807) is 12.1 Å². The Bertz CT molecular complexity index is 2350. The van der Waals surface area contributed by atoms with Gasteiger partial charge in [-0.2, -0.15) is 0 Å². The van der Waals surface area contributed by atoms with Crippen LogP contribution in [-0.4, -0.2) is 15.6 Å². The van der Waals surface area contributed by atoms with Crippen LogP contribution < -0.4 is 0 Å². The highest BCUT2D eigenvalue weighted by molar-refractivity contribution is 6.31. The van der Waals surface area contributed by atoms with Crippen LogP contribution in [0.4, 0.5) is 0 Å². The molecule has 0 bridgehead atoms. The molecule has 8 rings (SSSR count). The molecule has 0 radical (unpaired) electrons. The molecular formula is C43H29NO2. The van der Waals surface area contributed by atoms with E-state index in [2.05, 4.69) is 127 Å². The second-order valence-corrected chi connectivity index (χ2v) is 11.6. The zero-order valence-electron chi connectivity index (χ0n) is 25.1. The first-order chi connectivity index (χ1) is 22.6. The molecule has 0 unspecified atom stereocenters. The van der Waals surface area contributed by atoms with E-state index in [-0.39, 0.29) is 5.56 Å². The van der Waals surface area contributed by atoms with Crippen molar-refractivity contribution in [2.75, 3.05) is 0 Å². The molecule has 0 atom stereocenters. The molecule has 3 heteroatoms. The van der Waals surface area contributed by atoms with Crippen molar-refractivity contribution >= 4 is 61.5 Å². The summed E-state index contributed by atoms with van der Waals surface area (Å²) in [5, 5.41) is 16.7. The van der Waals surface area contributed by atoms with Gasteiger partial charge in [0, 0.05) is 16.5 Å². The van der Waals surface area contributed by atoms with E-state index in [9.17, 15) is 9.90 Å². The highest BCUT2D eigenvalue weighted by Gasteiger charge is 2.21. The van der Waals surface area contributed by atoms with E-state index in [1.165, 1.54) is 32.3 Å². The molecule has 0 fully saturated rings. The third kappa shape index (κ3) is 4.25. The summed E-state index contributed by atoms with van der Waals surface area (Å²) in [6, 6.07) is 46.0. The average Bonchev–Trinajstić information content (AvgIpc) is 3.45. The smallest absolute Gasteiger partial charge is 0.335 e. The third-order valence-corrected chi connectivity index (χ3v) is 9.07. The third-order valence-electron chi connectivity index (χ3n) is 9.07. The predicted molar refractivity (Wildman–Crippen MR) is 194 cm³/mol. The summed E-state index contributed by atoms with van der Waals surface area (Å²) in [7, 11) is 0. The van der Waals surface area contributed by atoms with Crippen LogP contribution in [0.1, 0.15) is 21.5 Å². The summed E-state index contributed by atoms with van der Waals surface area (Å²) < 4.78 is 2.29. The van der Waals surface area contributed by atoms with Gasteiger partial charge in [-0.1, -0.05) is 122 Å². The number of carboxylic acids is 1. The second-order valence-electron chi connectivity index (χ2n) is 11.6. The van der Waals surface area contributed by atoms with E-state index in [4.69, 9.17) is 0 Å². The average molecular weight is 592 g/mol. The predicted octanol–water partition coefficient (Wildman–Crippen LogP) is 11.4. The van der Waals surface area contributed by atoms with Gasteiger partial charge in [-0.15, -0.1) is 0 Å². The maximum absolute atomic E-state index is 11.8. The number of benzene rings is 7. The number of hydrogen-bond acceptors (Lipinski definition) is 1. The Morgan fingerprint density at radius 2 is 0.957 bits per heavy atom.